The van der Waals surface area contributed by atoms with E-state index in [2.05, 4.69) is 15.6 Å². The number of carbonyl (C=O) groups excluding carboxylic acids is 2. The highest BCUT2D eigenvalue weighted by Gasteiger charge is 2.33. The van der Waals surface area contributed by atoms with Crippen molar-refractivity contribution in [3.05, 3.63) is 59.4 Å². The molecule has 5 nitrogen and oxygen atoms in total. The van der Waals surface area contributed by atoms with Gasteiger partial charge in [-0.15, -0.1) is 0 Å². The highest BCUT2D eigenvalue weighted by Crippen LogP contribution is 2.34. The molecule has 0 aliphatic carbocycles. The molecule has 0 aliphatic rings. The molecule has 1 aromatic carbocycles. The number of anilines is 1. The van der Waals surface area contributed by atoms with Crippen LogP contribution < -0.4 is 10.6 Å². The highest BCUT2D eigenvalue weighted by atomic mass is 19.4. The van der Waals surface area contributed by atoms with Crippen LogP contribution in [0.1, 0.15) is 47.1 Å². The number of halogens is 3. The molecule has 2 amide bonds. The molecule has 1 aromatic heterocycles. The first-order chi connectivity index (χ1) is 12.0. The molecule has 0 radical (unpaired) electrons. The number of aromatic nitrogens is 1. The van der Waals surface area contributed by atoms with Crippen molar-refractivity contribution in [2.75, 3.05) is 5.32 Å². The van der Waals surface area contributed by atoms with Gasteiger partial charge in [0, 0.05) is 17.9 Å². The average molecular weight is 365 g/mol. The molecule has 0 bridgehead atoms. The van der Waals surface area contributed by atoms with Crippen LogP contribution in [0.25, 0.3) is 0 Å². The van der Waals surface area contributed by atoms with Crippen LogP contribution in [0.4, 0.5) is 18.9 Å². The first-order valence-corrected chi connectivity index (χ1v) is 7.72. The average Bonchev–Trinajstić information content (AvgIpc) is 2.53. The van der Waals surface area contributed by atoms with Crippen molar-refractivity contribution in [3.8, 4) is 0 Å². The number of nitrogens with one attached hydrogen (secondary N) is 2. The molecule has 8 heteroatoms. The zero-order valence-corrected chi connectivity index (χ0v) is 14.4. The summed E-state index contributed by atoms with van der Waals surface area (Å²) < 4.78 is 39.0. The quantitative estimate of drug-likeness (QED) is 0.867. The van der Waals surface area contributed by atoms with E-state index < -0.39 is 29.1 Å². The third-order valence-electron chi connectivity index (χ3n) is 3.23. The normalized spacial score (nSPS) is 11.8. The molecule has 0 fully saturated rings. The van der Waals surface area contributed by atoms with Gasteiger partial charge in [0.05, 0.1) is 22.4 Å². The fourth-order valence-corrected chi connectivity index (χ4v) is 2.13. The predicted octanol–water partition coefficient (Wildman–Crippen LogP) is 3.88. The van der Waals surface area contributed by atoms with Crippen LogP contribution in [-0.2, 0) is 6.18 Å². The zero-order valence-electron chi connectivity index (χ0n) is 14.4. The van der Waals surface area contributed by atoms with Gasteiger partial charge in [0.15, 0.2) is 0 Å². The minimum atomic E-state index is -4.60. The Labute approximate surface area is 148 Å². The Morgan fingerprint density at radius 3 is 2.12 bits per heavy atom. The number of alkyl halides is 3. The van der Waals surface area contributed by atoms with Crippen LogP contribution in [0.15, 0.2) is 42.7 Å². The summed E-state index contributed by atoms with van der Waals surface area (Å²) >= 11 is 0. The van der Waals surface area contributed by atoms with Crippen LogP contribution in [-0.4, -0.2) is 22.3 Å². The predicted molar refractivity (Wildman–Crippen MR) is 90.9 cm³/mol. The smallest absolute Gasteiger partial charge is 0.347 e. The minimum Gasteiger partial charge on any atom is -0.347 e. The second-order valence-corrected chi connectivity index (χ2v) is 6.66. The number of hydrogen-bond donors (Lipinski definition) is 2. The van der Waals surface area contributed by atoms with E-state index in [9.17, 15) is 22.8 Å². The van der Waals surface area contributed by atoms with E-state index >= 15 is 0 Å². The molecule has 0 atom stereocenters. The van der Waals surface area contributed by atoms with Crippen molar-refractivity contribution in [1.82, 2.24) is 10.3 Å². The molecule has 2 rings (SSSR count). The fourth-order valence-electron chi connectivity index (χ4n) is 2.13. The fraction of sp³-hybridized carbons (Fsp3) is 0.278. The number of pyridine rings is 1. The molecule has 0 spiro atoms. The second-order valence-electron chi connectivity index (χ2n) is 6.66. The molecule has 2 aromatic rings. The number of benzene rings is 1. The lowest BCUT2D eigenvalue weighted by atomic mass is 10.1. The lowest BCUT2D eigenvalue weighted by molar-refractivity contribution is -0.136. The summed E-state index contributed by atoms with van der Waals surface area (Å²) in [5, 5.41) is 4.94. The van der Waals surface area contributed by atoms with Gasteiger partial charge in [0.1, 0.15) is 0 Å². The van der Waals surface area contributed by atoms with E-state index in [0.29, 0.717) is 0 Å². The Kier molecular flexibility index (Phi) is 5.34. The monoisotopic (exact) mass is 365 g/mol. The van der Waals surface area contributed by atoms with Crippen LogP contribution in [0, 0.1) is 0 Å². The number of hydrogen-bond acceptors (Lipinski definition) is 3. The Morgan fingerprint density at radius 1 is 0.962 bits per heavy atom. The summed E-state index contributed by atoms with van der Waals surface area (Å²) in [6.07, 6.45) is -2.14. The van der Waals surface area contributed by atoms with Gasteiger partial charge in [-0.05, 0) is 39.0 Å². The maximum atomic E-state index is 13.0. The van der Waals surface area contributed by atoms with Gasteiger partial charge in [0.2, 0.25) is 0 Å². The van der Waals surface area contributed by atoms with Gasteiger partial charge in [-0.1, -0.05) is 12.1 Å². The molecule has 26 heavy (non-hydrogen) atoms. The first kappa shape index (κ1) is 19.4. The lowest BCUT2D eigenvalue weighted by Gasteiger charge is -2.20. The lowest BCUT2D eigenvalue weighted by Crippen LogP contribution is -2.40. The zero-order chi connectivity index (χ0) is 19.5. The molecule has 138 valence electrons. The van der Waals surface area contributed by atoms with Gasteiger partial charge in [0.25, 0.3) is 11.8 Å². The number of carbonyl (C=O) groups is 2. The third kappa shape index (κ3) is 5.05. The van der Waals surface area contributed by atoms with E-state index in [1.54, 1.807) is 20.8 Å². The van der Waals surface area contributed by atoms with E-state index in [0.717, 1.165) is 12.1 Å². The molecular formula is C18H18F3N3O2. The highest BCUT2D eigenvalue weighted by molar-refractivity contribution is 6.06. The largest absolute Gasteiger partial charge is 0.418 e. The van der Waals surface area contributed by atoms with Crippen molar-refractivity contribution in [1.29, 1.82) is 0 Å². The van der Waals surface area contributed by atoms with E-state index in [-0.39, 0.29) is 16.8 Å². The van der Waals surface area contributed by atoms with Gasteiger partial charge >= 0.3 is 6.18 Å². The van der Waals surface area contributed by atoms with Crippen molar-refractivity contribution < 1.29 is 22.8 Å². The Hall–Kier alpha value is -2.90. The van der Waals surface area contributed by atoms with Crippen LogP contribution >= 0.6 is 0 Å². The maximum Gasteiger partial charge on any atom is 0.418 e. The standard InChI is InChI=1S/C18H18F3N3O2/c1-17(2,3)24-16(26)12-8-11(9-22-10-12)15(25)23-14-7-5-4-6-13(14)18(19,20)21/h4-10H,1-3H3,(H,23,25)(H,24,26). The Balaban J connectivity index is 2.24. The van der Waals surface area contributed by atoms with Crippen molar-refractivity contribution >= 4 is 17.5 Å². The van der Waals surface area contributed by atoms with E-state index in [1.165, 1.54) is 30.6 Å². The first-order valence-electron chi connectivity index (χ1n) is 7.72. The van der Waals surface area contributed by atoms with E-state index in [4.69, 9.17) is 0 Å². The second kappa shape index (κ2) is 7.15. The van der Waals surface area contributed by atoms with Gasteiger partial charge < -0.3 is 10.6 Å². The summed E-state index contributed by atoms with van der Waals surface area (Å²) in [5.74, 6) is -1.23. The van der Waals surface area contributed by atoms with Crippen LogP contribution in [0.5, 0.6) is 0 Å². The number of rotatable bonds is 3. The number of nitrogens with zero attached hydrogens (tertiary/aromatic N) is 1. The molecule has 0 saturated heterocycles. The van der Waals surface area contributed by atoms with Gasteiger partial charge in [-0.3, -0.25) is 14.6 Å². The minimum absolute atomic E-state index is 0.0245. The molecule has 0 saturated carbocycles. The maximum absolute atomic E-state index is 13.0. The van der Waals surface area contributed by atoms with E-state index in [1.807, 2.05) is 0 Å². The summed E-state index contributed by atoms with van der Waals surface area (Å²) in [6, 6.07) is 5.93. The number of amides is 2. The Morgan fingerprint density at radius 2 is 1.54 bits per heavy atom. The molecule has 2 N–H and O–H groups in total. The molecule has 1 heterocycles. The summed E-state index contributed by atoms with van der Waals surface area (Å²) in [4.78, 5) is 28.3. The summed E-state index contributed by atoms with van der Waals surface area (Å²) in [7, 11) is 0. The van der Waals surface area contributed by atoms with Gasteiger partial charge in [-0.25, -0.2) is 0 Å². The van der Waals surface area contributed by atoms with Crippen LogP contribution in [0.2, 0.25) is 0 Å². The SMILES string of the molecule is CC(C)(C)NC(=O)c1cncc(C(=O)Nc2ccccc2C(F)(F)F)c1. The van der Waals surface area contributed by atoms with Crippen LogP contribution in [0.3, 0.4) is 0 Å². The van der Waals surface area contributed by atoms with Crippen molar-refractivity contribution in [2.24, 2.45) is 0 Å². The van der Waals surface area contributed by atoms with Gasteiger partial charge in [-0.2, -0.15) is 13.2 Å². The topological polar surface area (TPSA) is 71.1 Å². The summed E-state index contributed by atoms with van der Waals surface area (Å²) in [6.45, 7) is 5.38. The number of para-hydroxylation sites is 1. The Bertz CT molecular complexity index is 827. The molecule has 0 unspecified atom stereocenters. The van der Waals surface area contributed by atoms with Crippen molar-refractivity contribution in [3.63, 3.8) is 0 Å². The summed E-state index contributed by atoms with van der Waals surface area (Å²) in [5.41, 5.74) is -1.70. The third-order valence-corrected chi connectivity index (χ3v) is 3.23. The molecular weight excluding hydrogens is 347 g/mol. The van der Waals surface area contributed by atoms with Crippen molar-refractivity contribution in [2.45, 2.75) is 32.5 Å². The molecule has 0 aliphatic heterocycles.